The molecule has 2 nitrogen and oxygen atoms in total. The van der Waals surface area contributed by atoms with Crippen LogP contribution in [0.1, 0.15) is 54.7 Å². The Morgan fingerprint density at radius 2 is 1.56 bits per heavy atom. The molecule has 1 aliphatic carbocycles. The van der Waals surface area contributed by atoms with E-state index < -0.39 is 23.3 Å². The quantitative estimate of drug-likeness (QED) is 0.167. The maximum Gasteiger partial charge on any atom is 0.200 e. The average molecular weight is 499 g/mol. The number of rotatable bonds is 9. The Kier molecular flexibility index (Phi) is 8.47. The first kappa shape index (κ1) is 26.0. The molecule has 0 bridgehead atoms. The summed E-state index contributed by atoms with van der Waals surface area (Å²) in [6.45, 7) is 5.69. The third-order valence-electron chi connectivity index (χ3n) is 6.77. The van der Waals surface area contributed by atoms with Crippen LogP contribution in [0.2, 0.25) is 0 Å². The van der Waals surface area contributed by atoms with Crippen LogP contribution in [0.3, 0.4) is 0 Å². The molecule has 3 aromatic carbocycles. The number of hydrogen-bond donors (Lipinski definition) is 0. The molecule has 0 amide bonds. The van der Waals surface area contributed by atoms with Gasteiger partial charge < -0.3 is 9.47 Å². The van der Waals surface area contributed by atoms with Crippen molar-refractivity contribution < 1.29 is 27.0 Å². The smallest absolute Gasteiger partial charge is 0.200 e. The van der Waals surface area contributed by atoms with Crippen LogP contribution in [-0.2, 0) is 11.3 Å². The summed E-state index contributed by atoms with van der Waals surface area (Å²) >= 11 is 0. The molecule has 0 saturated heterocycles. The van der Waals surface area contributed by atoms with Crippen LogP contribution in [-0.4, -0.2) is 12.7 Å². The van der Waals surface area contributed by atoms with Crippen LogP contribution in [0.4, 0.5) is 17.6 Å². The fourth-order valence-electron chi connectivity index (χ4n) is 4.63. The second-order valence-electron chi connectivity index (χ2n) is 9.26. The highest BCUT2D eigenvalue weighted by molar-refractivity contribution is 5.65. The van der Waals surface area contributed by atoms with Crippen molar-refractivity contribution in [3.05, 3.63) is 101 Å². The molecule has 0 spiro atoms. The lowest BCUT2D eigenvalue weighted by atomic mass is 9.82. The van der Waals surface area contributed by atoms with Crippen molar-refractivity contribution in [3.63, 3.8) is 0 Å². The van der Waals surface area contributed by atoms with Crippen LogP contribution < -0.4 is 4.74 Å². The molecule has 1 fully saturated rings. The van der Waals surface area contributed by atoms with Gasteiger partial charge in [-0.3, -0.25) is 0 Å². The van der Waals surface area contributed by atoms with E-state index in [0.29, 0.717) is 43.2 Å². The summed E-state index contributed by atoms with van der Waals surface area (Å²) in [5, 5.41) is 0. The minimum Gasteiger partial charge on any atom is -0.490 e. The highest BCUT2D eigenvalue weighted by Crippen LogP contribution is 2.38. The maximum absolute atomic E-state index is 14.7. The molecule has 0 aliphatic heterocycles. The third kappa shape index (κ3) is 5.81. The van der Waals surface area contributed by atoms with Gasteiger partial charge >= 0.3 is 0 Å². The van der Waals surface area contributed by atoms with Crippen LogP contribution in [0.25, 0.3) is 11.1 Å². The number of aryl methyl sites for hydroxylation is 1. The first-order valence-electron chi connectivity index (χ1n) is 12.3. The molecule has 3 aromatic rings. The normalized spacial score (nSPS) is 17.7. The van der Waals surface area contributed by atoms with Gasteiger partial charge in [-0.15, -0.1) is 6.58 Å². The van der Waals surface area contributed by atoms with E-state index in [1.54, 1.807) is 36.4 Å². The lowest BCUT2D eigenvalue weighted by Crippen LogP contribution is -2.21. The Morgan fingerprint density at radius 1 is 0.833 bits per heavy atom. The SMILES string of the molecule is C=CCCOc1ccc(C2CCC(OCc3ccc(-c4ccc(C)cc4)c(F)c3F)CC2)c(F)c1F. The third-order valence-corrected chi connectivity index (χ3v) is 6.77. The molecule has 1 saturated carbocycles. The van der Waals surface area contributed by atoms with Crippen molar-refractivity contribution in [2.75, 3.05) is 6.61 Å². The van der Waals surface area contributed by atoms with Gasteiger partial charge in [-0.25, -0.2) is 13.2 Å². The van der Waals surface area contributed by atoms with Gasteiger partial charge in [0.1, 0.15) is 0 Å². The Balaban J connectivity index is 1.34. The summed E-state index contributed by atoms with van der Waals surface area (Å²) < 4.78 is 69.8. The number of halogens is 4. The topological polar surface area (TPSA) is 18.5 Å². The van der Waals surface area contributed by atoms with Crippen molar-refractivity contribution in [3.8, 4) is 16.9 Å². The standard InChI is InChI=1S/C30H30F4O2/c1-3-4-17-35-26-16-15-25(29(33)30(26)34)21-9-12-23(13-10-21)36-18-22-11-14-24(28(32)27(22)31)20-7-5-19(2)6-8-20/h3,5-8,11,14-16,21,23H,1,4,9-10,12-13,17-18H2,2H3. The molecule has 0 aromatic heterocycles. The first-order chi connectivity index (χ1) is 17.4. The molecule has 0 heterocycles. The first-order valence-corrected chi connectivity index (χ1v) is 12.3. The van der Waals surface area contributed by atoms with Crippen molar-refractivity contribution in [2.45, 2.75) is 57.7 Å². The maximum atomic E-state index is 14.7. The molecule has 0 N–H and O–H groups in total. The summed E-state index contributed by atoms with van der Waals surface area (Å²) in [4.78, 5) is 0. The van der Waals surface area contributed by atoms with Crippen LogP contribution in [0.15, 0.2) is 61.2 Å². The minimum atomic E-state index is -0.971. The number of hydrogen-bond acceptors (Lipinski definition) is 2. The van der Waals surface area contributed by atoms with E-state index in [1.807, 2.05) is 19.1 Å². The van der Waals surface area contributed by atoms with E-state index in [-0.39, 0.29) is 42.1 Å². The molecular weight excluding hydrogens is 468 g/mol. The summed E-state index contributed by atoms with van der Waals surface area (Å²) in [7, 11) is 0. The number of benzene rings is 3. The second-order valence-corrected chi connectivity index (χ2v) is 9.26. The van der Waals surface area contributed by atoms with Gasteiger partial charge in [0, 0.05) is 11.1 Å². The largest absolute Gasteiger partial charge is 0.490 e. The van der Waals surface area contributed by atoms with Crippen molar-refractivity contribution in [1.82, 2.24) is 0 Å². The van der Waals surface area contributed by atoms with Gasteiger partial charge in [0.15, 0.2) is 23.2 Å². The molecule has 6 heteroatoms. The fourth-order valence-corrected chi connectivity index (χ4v) is 4.63. The van der Waals surface area contributed by atoms with Gasteiger partial charge in [0.05, 0.1) is 19.3 Å². The highest BCUT2D eigenvalue weighted by Gasteiger charge is 2.27. The molecule has 0 radical (unpaired) electrons. The van der Waals surface area contributed by atoms with Crippen molar-refractivity contribution in [1.29, 1.82) is 0 Å². The minimum absolute atomic E-state index is 0.0496. The Hall–Kier alpha value is -3.12. The Labute approximate surface area is 209 Å². The zero-order valence-electron chi connectivity index (χ0n) is 20.3. The molecule has 36 heavy (non-hydrogen) atoms. The monoisotopic (exact) mass is 498 g/mol. The average Bonchev–Trinajstić information content (AvgIpc) is 2.89. The van der Waals surface area contributed by atoms with Crippen LogP contribution in [0.5, 0.6) is 5.75 Å². The van der Waals surface area contributed by atoms with Crippen LogP contribution >= 0.6 is 0 Å². The Morgan fingerprint density at radius 3 is 2.25 bits per heavy atom. The molecule has 0 unspecified atom stereocenters. The molecular formula is C30H30F4O2. The summed E-state index contributed by atoms with van der Waals surface area (Å²) in [6, 6.07) is 13.4. The Bertz CT molecular complexity index is 1200. The second kappa shape index (κ2) is 11.7. The van der Waals surface area contributed by atoms with Crippen molar-refractivity contribution >= 4 is 0 Å². The van der Waals surface area contributed by atoms with Gasteiger partial charge in [0.25, 0.3) is 0 Å². The van der Waals surface area contributed by atoms with E-state index in [4.69, 9.17) is 9.47 Å². The summed E-state index contributed by atoms with van der Waals surface area (Å²) in [5.74, 6) is -3.88. The molecule has 4 rings (SSSR count). The van der Waals surface area contributed by atoms with E-state index in [2.05, 4.69) is 6.58 Å². The zero-order valence-corrected chi connectivity index (χ0v) is 20.3. The summed E-state index contributed by atoms with van der Waals surface area (Å²) in [6.07, 6.45) is 4.50. The molecule has 1 aliphatic rings. The van der Waals surface area contributed by atoms with E-state index in [1.165, 1.54) is 6.07 Å². The highest BCUT2D eigenvalue weighted by atomic mass is 19.2. The van der Waals surface area contributed by atoms with Gasteiger partial charge in [-0.05, 0) is 62.1 Å². The van der Waals surface area contributed by atoms with E-state index in [0.717, 1.165) is 5.56 Å². The molecule has 190 valence electrons. The fraction of sp³-hybridized carbons (Fsp3) is 0.333. The van der Waals surface area contributed by atoms with Crippen molar-refractivity contribution in [2.24, 2.45) is 0 Å². The van der Waals surface area contributed by atoms with Gasteiger partial charge in [-0.2, -0.15) is 4.39 Å². The lowest BCUT2D eigenvalue weighted by molar-refractivity contribution is 0.0116. The zero-order chi connectivity index (χ0) is 25.7. The predicted octanol–water partition coefficient (Wildman–Crippen LogP) is 8.42. The van der Waals surface area contributed by atoms with Gasteiger partial charge in [-0.1, -0.05) is 54.1 Å². The van der Waals surface area contributed by atoms with Gasteiger partial charge in [0.2, 0.25) is 5.82 Å². The van der Waals surface area contributed by atoms with E-state index >= 15 is 0 Å². The summed E-state index contributed by atoms with van der Waals surface area (Å²) in [5.41, 5.74) is 2.36. The molecule has 0 atom stereocenters. The predicted molar refractivity (Wildman–Crippen MR) is 133 cm³/mol. The van der Waals surface area contributed by atoms with E-state index in [9.17, 15) is 17.6 Å². The van der Waals surface area contributed by atoms with Crippen LogP contribution in [0, 0.1) is 30.2 Å². The lowest BCUT2D eigenvalue weighted by Gasteiger charge is -2.29. The number of ether oxygens (including phenoxy) is 2.